The van der Waals surface area contributed by atoms with Crippen LogP contribution in [0.5, 0.6) is 28.9 Å². The van der Waals surface area contributed by atoms with Crippen molar-refractivity contribution in [1.29, 1.82) is 0 Å². The van der Waals surface area contributed by atoms with Crippen LogP contribution in [0.2, 0.25) is 0 Å². The van der Waals surface area contributed by atoms with E-state index in [9.17, 15) is 0 Å². The van der Waals surface area contributed by atoms with Crippen molar-refractivity contribution in [3.63, 3.8) is 0 Å². The lowest BCUT2D eigenvalue weighted by molar-refractivity contribution is 0.126. The molecule has 0 bridgehead atoms. The van der Waals surface area contributed by atoms with E-state index in [-0.39, 0.29) is 0 Å². The van der Waals surface area contributed by atoms with Gasteiger partial charge in [-0.15, -0.1) is 0 Å². The average Bonchev–Trinajstić information content (AvgIpc) is 2.71. The fraction of sp³-hybridized carbons (Fsp3) is 0.304. The third-order valence-corrected chi connectivity index (χ3v) is 5.03. The first-order valence-electron chi connectivity index (χ1n) is 9.64. The van der Waals surface area contributed by atoms with Crippen LogP contribution < -0.4 is 18.9 Å². The van der Waals surface area contributed by atoms with E-state index in [1.807, 2.05) is 57.2 Å². The zero-order valence-corrected chi connectivity index (χ0v) is 18.5. The van der Waals surface area contributed by atoms with Gasteiger partial charge < -0.3 is 23.9 Å². The van der Waals surface area contributed by atoms with Crippen molar-refractivity contribution in [2.24, 2.45) is 0 Å². The van der Waals surface area contributed by atoms with Crippen LogP contribution in [-0.4, -0.2) is 29.8 Å². The van der Waals surface area contributed by atoms with Gasteiger partial charge in [0.05, 0.1) is 25.3 Å². The number of ether oxygens (including phenoxy) is 4. The van der Waals surface area contributed by atoms with Crippen molar-refractivity contribution in [2.75, 3.05) is 14.2 Å². The average molecular weight is 425 g/mol. The summed E-state index contributed by atoms with van der Waals surface area (Å²) >= 11 is 5.65. The molecule has 0 radical (unpaired) electrons. The molecule has 6 nitrogen and oxygen atoms in total. The number of hydrogen-bond acceptors (Lipinski definition) is 6. The molecule has 1 N–H and O–H groups in total. The highest BCUT2D eigenvalue weighted by Crippen LogP contribution is 2.44. The van der Waals surface area contributed by atoms with Gasteiger partial charge in [0.15, 0.2) is 23.0 Å². The van der Waals surface area contributed by atoms with E-state index in [2.05, 4.69) is 4.98 Å². The third kappa shape index (κ3) is 3.73. The minimum atomic E-state index is -0.419. The molecule has 156 valence electrons. The molecule has 0 saturated heterocycles. The number of para-hydroxylation sites is 2. The summed E-state index contributed by atoms with van der Waals surface area (Å²) in [5.41, 5.74) is 2.18. The van der Waals surface area contributed by atoms with Crippen molar-refractivity contribution in [3.8, 4) is 40.3 Å². The highest BCUT2D eigenvalue weighted by Gasteiger charge is 2.26. The molecule has 0 saturated carbocycles. The number of aromatic amines is 1. The van der Waals surface area contributed by atoms with Gasteiger partial charge in [-0.05, 0) is 39.0 Å². The number of benzene rings is 2. The number of hydrogen-bond donors (Lipinski definition) is 1. The smallest absolute Gasteiger partial charge is 0.227 e. The van der Waals surface area contributed by atoms with Gasteiger partial charge in [-0.1, -0.05) is 30.4 Å². The van der Waals surface area contributed by atoms with Gasteiger partial charge in [-0.3, -0.25) is 0 Å². The molecule has 0 atom stereocenters. The number of fused-ring (bicyclic) bond motifs is 2. The quantitative estimate of drug-likeness (QED) is 0.424. The van der Waals surface area contributed by atoms with Gasteiger partial charge >= 0.3 is 0 Å². The lowest BCUT2D eigenvalue weighted by Gasteiger charge is -2.25. The lowest BCUT2D eigenvalue weighted by atomic mass is 10.0. The summed E-state index contributed by atoms with van der Waals surface area (Å²) in [5.74, 6) is 3.57. The zero-order chi connectivity index (χ0) is 21.5. The molecule has 1 aromatic heterocycles. The van der Waals surface area contributed by atoms with Crippen molar-refractivity contribution in [1.82, 2.24) is 9.97 Å². The van der Waals surface area contributed by atoms with Crippen LogP contribution >= 0.6 is 12.2 Å². The Bertz CT molecular complexity index is 1160. The van der Waals surface area contributed by atoms with Crippen LogP contribution in [0.3, 0.4) is 0 Å². The van der Waals surface area contributed by atoms with Crippen LogP contribution in [0.25, 0.3) is 11.4 Å². The minimum absolute atomic E-state index is 0.419. The molecule has 3 aromatic rings. The largest absolute Gasteiger partial charge is 0.493 e. The second kappa shape index (κ2) is 7.65. The molecule has 0 aliphatic carbocycles. The minimum Gasteiger partial charge on any atom is -0.493 e. The van der Waals surface area contributed by atoms with E-state index in [4.69, 9.17) is 36.1 Å². The van der Waals surface area contributed by atoms with Crippen molar-refractivity contribution >= 4 is 12.2 Å². The topological polar surface area (TPSA) is 65.6 Å². The maximum Gasteiger partial charge on any atom is 0.227 e. The summed E-state index contributed by atoms with van der Waals surface area (Å²) < 4.78 is 23.9. The normalized spacial score (nSPS) is 12.4. The molecule has 4 rings (SSSR count). The molecule has 0 amide bonds. The molecule has 1 aliphatic heterocycles. The van der Waals surface area contributed by atoms with Crippen molar-refractivity contribution in [3.05, 3.63) is 52.2 Å². The summed E-state index contributed by atoms with van der Waals surface area (Å²) in [6, 6.07) is 11.5. The Labute approximate surface area is 180 Å². The third-order valence-electron chi connectivity index (χ3n) is 4.69. The van der Waals surface area contributed by atoms with Gasteiger partial charge in [0, 0.05) is 12.0 Å². The molecule has 1 aliphatic rings. The Morgan fingerprint density at radius 1 is 1.03 bits per heavy atom. The molecule has 2 aromatic carbocycles. The number of methoxy groups -OCH3 is 2. The number of rotatable bonds is 4. The molecule has 30 heavy (non-hydrogen) atoms. The maximum atomic E-state index is 6.21. The summed E-state index contributed by atoms with van der Waals surface area (Å²) in [7, 11) is 3.24. The monoisotopic (exact) mass is 424 g/mol. The Kier molecular flexibility index (Phi) is 5.15. The first kappa shape index (κ1) is 20.2. The highest BCUT2D eigenvalue weighted by atomic mass is 32.1. The van der Waals surface area contributed by atoms with Gasteiger partial charge in [0.2, 0.25) is 5.88 Å². The molecule has 0 unspecified atom stereocenters. The lowest BCUT2D eigenvalue weighted by Crippen LogP contribution is -2.23. The van der Waals surface area contributed by atoms with Crippen LogP contribution in [0.4, 0.5) is 0 Å². The first-order valence-corrected chi connectivity index (χ1v) is 10.0. The van der Waals surface area contributed by atoms with Crippen molar-refractivity contribution < 1.29 is 18.9 Å². The second-order valence-electron chi connectivity index (χ2n) is 7.98. The van der Waals surface area contributed by atoms with Crippen LogP contribution in [-0.2, 0) is 6.42 Å². The Morgan fingerprint density at radius 2 is 1.73 bits per heavy atom. The van der Waals surface area contributed by atoms with E-state index in [0.717, 1.165) is 16.7 Å². The predicted octanol–water partition coefficient (Wildman–Crippen LogP) is 5.70. The van der Waals surface area contributed by atoms with Crippen molar-refractivity contribution in [2.45, 2.75) is 32.8 Å². The summed E-state index contributed by atoms with van der Waals surface area (Å²) in [6.07, 6.45) is 0.619. The fourth-order valence-electron chi connectivity index (χ4n) is 3.38. The first-order chi connectivity index (χ1) is 14.3. The molecule has 0 fully saturated rings. The molecule has 0 spiro atoms. The molecule has 7 heteroatoms. The van der Waals surface area contributed by atoms with E-state index in [1.165, 1.54) is 0 Å². The molecular formula is C23H24N2O4S. The fourth-order valence-corrected chi connectivity index (χ4v) is 3.64. The Hall–Kier alpha value is -3.06. The number of aromatic nitrogens is 2. The Balaban J connectivity index is 1.85. The van der Waals surface area contributed by atoms with Gasteiger partial charge in [-0.2, -0.15) is 4.98 Å². The highest BCUT2D eigenvalue weighted by molar-refractivity contribution is 7.71. The summed E-state index contributed by atoms with van der Waals surface area (Å²) in [5, 5.41) is 0. The summed E-state index contributed by atoms with van der Waals surface area (Å²) in [6.45, 7) is 5.95. The Morgan fingerprint density at radius 3 is 2.43 bits per heavy atom. The predicted molar refractivity (Wildman–Crippen MR) is 118 cm³/mol. The molecular weight excluding hydrogens is 400 g/mol. The van der Waals surface area contributed by atoms with E-state index < -0.39 is 5.60 Å². The van der Waals surface area contributed by atoms with Crippen LogP contribution in [0.1, 0.15) is 31.9 Å². The zero-order valence-electron chi connectivity index (χ0n) is 17.7. The van der Waals surface area contributed by atoms with Gasteiger partial charge in [0.1, 0.15) is 16.1 Å². The maximum absolute atomic E-state index is 6.21. The SMILES string of the molecule is COc1cccc2c1Oc1nc(-c3cccc(OC)c3OC(C)(C)C)[nH]c(=S)c1C2. The number of H-pyrrole nitrogens is 1. The van der Waals surface area contributed by atoms with Crippen LogP contribution in [0, 0.1) is 4.64 Å². The molecule has 2 heterocycles. The number of nitrogens with one attached hydrogen (secondary N) is 1. The van der Waals surface area contributed by atoms with E-state index >= 15 is 0 Å². The van der Waals surface area contributed by atoms with E-state index in [0.29, 0.717) is 45.8 Å². The second-order valence-corrected chi connectivity index (χ2v) is 8.39. The van der Waals surface area contributed by atoms with Crippen LogP contribution in [0.15, 0.2) is 36.4 Å². The number of nitrogens with zero attached hydrogens (tertiary/aromatic N) is 1. The standard InChI is InChI=1S/C23H24N2O4S/c1-23(2,3)29-19-14(9-7-11-17(19)27-5)20-24-21-15(22(30)25-20)12-13-8-6-10-16(26-4)18(13)28-21/h6-11H,12H2,1-5H3,(H,24,25,30). The summed E-state index contributed by atoms with van der Waals surface area (Å²) in [4.78, 5) is 7.99. The van der Waals surface area contributed by atoms with Gasteiger partial charge in [0.25, 0.3) is 0 Å². The van der Waals surface area contributed by atoms with E-state index in [1.54, 1.807) is 14.2 Å². The van der Waals surface area contributed by atoms with Gasteiger partial charge in [-0.25, -0.2) is 0 Å².